The zero-order chi connectivity index (χ0) is 12.1. The molecule has 0 aromatic heterocycles. The maximum absolute atomic E-state index is 11.2. The van der Waals surface area contributed by atoms with Crippen molar-refractivity contribution in [3.8, 4) is 0 Å². The maximum atomic E-state index is 11.2. The van der Waals surface area contributed by atoms with E-state index in [0.29, 0.717) is 12.0 Å². The van der Waals surface area contributed by atoms with Crippen molar-refractivity contribution in [3.05, 3.63) is 35.4 Å². The smallest absolute Gasteiger partial charge is 0.308 e. The molecule has 1 atom stereocenters. The Labute approximate surface area is 94.9 Å². The van der Waals surface area contributed by atoms with Gasteiger partial charge in [0.2, 0.25) is 0 Å². The van der Waals surface area contributed by atoms with Gasteiger partial charge in [0.25, 0.3) is 0 Å². The summed E-state index contributed by atoms with van der Waals surface area (Å²) in [5.41, 5.74) is 7.04. The van der Waals surface area contributed by atoms with Gasteiger partial charge in [0, 0.05) is 5.56 Å². The largest absolute Gasteiger partial charge is 0.469 e. The second-order valence-electron chi connectivity index (χ2n) is 3.74. The van der Waals surface area contributed by atoms with Gasteiger partial charge >= 0.3 is 5.97 Å². The van der Waals surface area contributed by atoms with Crippen molar-refractivity contribution in [3.63, 3.8) is 0 Å². The fraction of sp³-hybridized carbons (Fsp3) is 0.333. The van der Waals surface area contributed by atoms with Crippen LogP contribution in [0.25, 0.3) is 0 Å². The van der Waals surface area contributed by atoms with Crippen LogP contribution in [-0.4, -0.2) is 18.9 Å². The minimum absolute atomic E-state index is 0.0348. The van der Waals surface area contributed by atoms with E-state index in [0.717, 1.165) is 5.56 Å². The summed E-state index contributed by atoms with van der Waals surface area (Å²) in [4.78, 5) is 11.2. The second-order valence-corrected chi connectivity index (χ2v) is 3.74. The number of nitrogens with one attached hydrogen (secondary N) is 1. The van der Waals surface area contributed by atoms with E-state index >= 15 is 0 Å². The number of amidine groups is 1. The van der Waals surface area contributed by atoms with Gasteiger partial charge in [-0.3, -0.25) is 10.2 Å². The molecule has 1 aromatic rings. The van der Waals surface area contributed by atoms with Crippen LogP contribution in [0.5, 0.6) is 0 Å². The average Bonchev–Trinajstić information content (AvgIpc) is 2.28. The van der Waals surface area contributed by atoms with Crippen LogP contribution >= 0.6 is 0 Å². The van der Waals surface area contributed by atoms with Crippen molar-refractivity contribution in [1.82, 2.24) is 0 Å². The quantitative estimate of drug-likeness (QED) is 0.456. The molecule has 0 spiro atoms. The minimum Gasteiger partial charge on any atom is -0.469 e. The van der Waals surface area contributed by atoms with Gasteiger partial charge in [0.05, 0.1) is 13.0 Å². The summed E-state index contributed by atoms with van der Waals surface area (Å²) in [6.07, 6.45) is 0.591. The van der Waals surface area contributed by atoms with Gasteiger partial charge in [-0.1, -0.05) is 25.1 Å². The van der Waals surface area contributed by atoms with Crippen LogP contribution in [0.1, 0.15) is 18.1 Å². The first-order valence-electron chi connectivity index (χ1n) is 5.05. The van der Waals surface area contributed by atoms with Gasteiger partial charge in [-0.05, 0) is 18.1 Å². The number of carbonyl (C=O) groups excluding carboxylic acids is 1. The molecule has 0 aliphatic rings. The van der Waals surface area contributed by atoms with Crippen molar-refractivity contribution in [2.75, 3.05) is 7.11 Å². The molecule has 1 unspecified atom stereocenters. The molecule has 0 saturated heterocycles. The lowest BCUT2D eigenvalue weighted by Gasteiger charge is -2.09. The molecule has 0 radical (unpaired) electrons. The summed E-state index contributed by atoms with van der Waals surface area (Å²) in [5, 5.41) is 7.32. The lowest BCUT2D eigenvalue weighted by Crippen LogP contribution is -2.16. The maximum Gasteiger partial charge on any atom is 0.308 e. The summed E-state index contributed by atoms with van der Waals surface area (Å²) < 4.78 is 4.66. The van der Waals surface area contributed by atoms with Crippen LogP contribution in [-0.2, 0) is 16.0 Å². The lowest BCUT2D eigenvalue weighted by molar-refractivity contribution is -0.144. The van der Waals surface area contributed by atoms with Crippen LogP contribution in [0, 0.1) is 11.3 Å². The molecule has 1 rings (SSSR count). The summed E-state index contributed by atoms with van der Waals surface area (Å²) in [5.74, 6) is -0.381. The predicted octanol–water partition coefficient (Wildman–Crippen LogP) is 1.32. The topological polar surface area (TPSA) is 76.2 Å². The van der Waals surface area contributed by atoms with Crippen LogP contribution in [0.15, 0.2) is 24.3 Å². The van der Waals surface area contributed by atoms with Crippen LogP contribution in [0.4, 0.5) is 0 Å². The highest BCUT2D eigenvalue weighted by atomic mass is 16.5. The summed E-state index contributed by atoms with van der Waals surface area (Å²) in [6, 6.07) is 7.33. The summed E-state index contributed by atoms with van der Waals surface area (Å²) in [6.45, 7) is 1.81. The lowest BCUT2D eigenvalue weighted by atomic mass is 9.99. The average molecular weight is 220 g/mol. The van der Waals surface area contributed by atoms with Gasteiger partial charge in [-0.2, -0.15) is 0 Å². The zero-order valence-electron chi connectivity index (χ0n) is 9.49. The molecule has 0 saturated carbocycles. The molecule has 1 aromatic carbocycles. The normalized spacial score (nSPS) is 11.9. The van der Waals surface area contributed by atoms with E-state index in [-0.39, 0.29) is 17.7 Å². The molecule has 0 aliphatic carbocycles. The fourth-order valence-corrected chi connectivity index (χ4v) is 1.50. The molecule has 0 aliphatic heterocycles. The minimum atomic E-state index is -0.228. The third kappa shape index (κ3) is 3.08. The number of carbonyl (C=O) groups is 1. The Kier molecular flexibility index (Phi) is 4.05. The Morgan fingerprint density at radius 1 is 1.56 bits per heavy atom. The van der Waals surface area contributed by atoms with Gasteiger partial charge in [-0.15, -0.1) is 0 Å². The number of benzene rings is 1. The Balaban J connectivity index is 2.78. The Morgan fingerprint density at radius 3 is 2.81 bits per heavy atom. The number of methoxy groups -OCH3 is 1. The summed E-state index contributed by atoms with van der Waals surface area (Å²) in [7, 11) is 1.38. The molecule has 4 heteroatoms. The standard InChI is InChI=1S/C12H16N2O2/c1-8(12(15)16-2)6-9-4-3-5-10(7-9)11(13)14/h3-5,7-8H,6H2,1-2H3,(H3,13,14). The Morgan fingerprint density at radius 2 is 2.25 bits per heavy atom. The molecule has 3 N–H and O–H groups in total. The second kappa shape index (κ2) is 5.30. The molecule has 16 heavy (non-hydrogen) atoms. The molecule has 0 amide bonds. The van der Waals surface area contributed by atoms with E-state index < -0.39 is 0 Å². The van der Waals surface area contributed by atoms with Crippen molar-refractivity contribution in [2.24, 2.45) is 11.7 Å². The molecule has 86 valence electrons. The molecule has 4 nitrogen and oxygen atoms in total. The number of ether oxygens (including phenoxy) is 1. The van der Waals surface area contributed by atoms with Crippen molar-refractivity contribution < 1.29 is 9.53 Å². The van der Waals surface area contributed by atoms with E-state index in [2.05, 4.69) is 4.74 Å². The third-order valence-corrected chi connectivity index (χ3v) is 2.38. The van der Waals surface area contributed by atoms with Gasteiger partial charge in [-0.25, -0.2) is 0 Å². The first-order chi connectivity index (χ1) is 7.54. The Hall–Kier alpha value is -1.84. The van der Waals surface area contributed by atoms with E-state index in [1.165, 1.54) is 7.11 Å². The van der Waals surface area contributed by atoms with Crippen molar-refractivity contribution >= 4 is 11.8 Å². The van der Waals surface area contributed by atoms with Gasteiger partial charge in [0.15, 0.2) is 0 Å². The number of nitrogens with two attached hydrogens (primary N) is 1. The number of nitrogen functional groups attached to an aromatic ring is 1. The number of rotatable bonds is 4. The number of hydrogen-bond donors (Lipinski definition) is 2. The van der Waals surface area contributed by atoms with Gasteiger partial charge < -0.3 is 10.5 Å². The van der Waals surface area contributed by atoms with E-state index in [1.54, 1.807) is 6.07 Å². The third-order valence-electron chi connectivity index (χ3n) is 2.38. The summed E-state index contributed by atoms with van der Waals surface area (Å²) >= 11 is 0. The zero-order valence-corrected chi connectivity index (χ0v) is 9.49. The van der Waals surface area contributed by atoms with E-state index in [1.807, 2.05) is 25.1 Å². The molecular weight excluding hydrogens is 204 g/mol. The molecule has 0 bridgehead atoms. The van der Waals surface area contributed by atoms with Crippen LogP contribution in [0.2, 0.25) is 0 Å². The Bertz CT molecular complexity index is 402. The number of esters is 1. The molecular formula is C12H16N2O2. The van der Waals surface area contributed by atoms with E-state index in [9.17, 15) is 4.79 Å². The molecule has 0 heterocycles. The van der Waals surface area contributed by atoms with Crippen molar-refractivity contribution in [1.29, 1.82) is 5.41 Å². The molecule has 0 fully saturated rings. The van der Waals surface area contributed by atoms with Crippen molar-refractivity contribution in [2.45, 2.75) is 13.3 Å². The first kappa shape index (κ1) is 12.2. The highest BCUT2D eigenvalue weighted by Crippen LogP contribution is 2.11. The van der Waals surface area contributed by atoms with Crippen LogP contribution < -0.4 is 5.73 Å². The highest BCUT2D eigenvalue weighted by molar-refractivity contribution is 5.95. The SMILES string of the molecule is COC(=O)C(C)Cc1cccc(C(=N)N)c1. The fourth-order valence-electron chi connectivity index (χ4n) is 1.50. The first-order valence-corrected chi connectivity index (χ1v) is 5.05. The highest BCUT2D eigenvalue weighted by Gasteiger charge is 2.13. The number of hydrogen-bond acceptors (Lipinski definition) is 3. The van der Waals surface area contributed by atoms with E-state index in [4.69, 9.17) is 11.1 Å². The predicted molar refractivity (Wildman–Crippen MR) is 62.3 cm³/mol. The van der Waals surface area contributed by atoms with Gasteiger partial charge in [0.1, 0.15) is 5.84 Å². The van der Waals surface area contributed by atoms with Crippen LogP contribution in [0.3, 0.4) is 0 Å². The monoisotopic (exact) mass is 220 g/mol.